The normalized spacial score (nSPS) is 12.8. The van der Waals surface area contributed by atoms with E-state index in [0.29, 0.717) is 23.0 Å². The standard InChI is InChI=1S/C41H28N4/c1-41(2)36-20-18-26(25-42)22-34(36)35-24-30(19-21-37(35)41)29-14-8-15-31(23-29)39-43-38(28-11-4-3-5-12-28)44-40(45-39)33-17-9-13-27-10-6-7-16-32(27)33/h3-24H,1-2H3. The lowest BCUT2D eigenvalue weighted by Gasteiger charge is -2.21. The molecule has 0 spiro atoms. The number of hydrogen-bond donors (Lipinski definition) is 0. The molecule has 0 saturated heterocycles. The molecule has 0 atom stereocenters. The third-order valence-corrected chi connectivity index (χ3v) is 8.96. The van der Waals surface area contributed by atoms with Crippen molar-refractivity contribution in [3.05, 3.63) is 150 Å². The van der Waals surface area contributed by atoms with Gasteiger partial charge in [-0.25, -0.2) is 15.0 Å². The molecule has 0 N–H and O–H groups in total. The Balaban J connectivity index is 1.27. The lowest BCUT2D eigenvalue weighted by Crippen LogP contribution is -2.14. The maximum Gasteiger partial charge on any atom is 0.164 e. The summed E-state index contributed by atoms with van der Waals surface area (Å²) in [6, 6.07) is 48.1. The van der Waals surface area contributed by atoms with Crippen LogP contribution in [-0.2, 0) is 5.41 Å². The Morgan fingerprint density at radius 3 is 1.91 bits per heavy atom. The molecule has 1 aliphatic carbocycles. The van der Waals surface area contributed by atoms with Crippen LogP contribution >= 0.6 is 0 Å². The third kappa shape index (κ3) is 4.49. The van der Waals surface area contributed by atoms with E-state index in [4.69, 9.17) is 15.0 Å². The van der Waals surface area contributed by atoms with Crippen LogP contribution in [0.5, 0.6) is 0 Å². The minimum Gasteiger partial charge on any atom is -0.208 e. The molecule has 4 nitrogen and oxygen atoms in total. The van der Waals surface area contributed by atoms with Crippen LogP contribution in [0.15, 0.2) is 133 Å². The van der Waals surface area contributed by atoms with Gasteiger partial charge in [0.25, 0.3) is 0 Å². The van der Waals surface area contributed by atoms with E-state index in [1.54, 1.807) is 0 Å². The van der Waals surface area contributed by atoms with Crippen molar-refractivity contribution in [1.82, 2.24) is 15.0 Å². The predicted molar refractivity (Wildman–Crippen MR) is 181 cm³/mol. The van der Waals surface area contributed by atoms with Gasteiger partial charge in [-0.3, -0.25) is 0 Å². The minimum atomic E-state index is -0.129. The fraction of sp³-hybridized carbons (Fsp3) is 0.0732. The molecular formula is C41H28N4. The molecule has 1 aromatic heterocycles. The second-order valence-corrected chi connectivity index (χ2v) is 12.0. The number of nitriles is 1. The SMILES string of the molecule is CC1(C)c2ccc(C#N)cc2-c2cc(-c3cccc(-c4nc(-c5ccccc5)nc(-c5cccc6ccccc56)n4)c3)ccc21. The van der Waals surface area contributed by atoms with Crippen LogP contribution in [0.2, 0.25) is 0 Å². The highest BCUT2D eigenvalue weighted by Crippen LogP contribution is 2.50. The summed E-state index contributed by atoms with van der Waals surface area (Å²) in [6.07, 6.45) is 0. The average molecular weight is 577 g/mol. The molecule has 0 unspecified atom stereocenters. The summed E-state index contributed by atoms with van der Waals surface area (Å²) >= 11 is 0. The van der Waals surface area contributed by atoms with Crippen LogP contribution in [0.3, 0.4) is 0 Å². The second kappa shape index (κ2) is 10.4. The first-order chi connectivity index (χ1) is 22.0. The lowest BCUT2D eigenvalue weighted by molar-refractivity contribution is 0.660. The number of benzene rings is 6. The summed E-state index contributed by atoms with van der Waals surface area (Å²) in [5.41, 5.74) is 10.4. The van der Waals surface area contributed by atoms with Gasteiger partial charge in [-0.05, 0) is 68.4 Å². The molecular weight excluding hydrogens is 548 g/mol. The van der Waals surface area contributed by atoms with Gasteiger partial charge in [0.1, 0.15) is 0 Å². The van der Waals surface area contributed by atoms with Crippen molar-refractivity contribution >= 4 is 10.8 Å². The Bertz CT molecular complexity index is 2310. The van der Waals surface area contributed by atoms with E-state index < -0.39 is 0 Å². The molecule has 212 valence electrons. The molecule has 7 aromatic rings. The Kier molecular flexibility index (Phi) is 6.15. The first-order valence-corrected chi connectivity index (χ1v) is 15.1. The number of nitrogens with zero attached hydrogens (tertiary/aromatic N) is 4. The zero-order valence-electron chi connectivity index (χ0n) is 25.0. The van der Waals surface area contributed by atoms with Crippen molar-refractivity contribution in [3.8, 4) is 62.5 Å². The van der Waals surface area contributed by atoms with E-state index in [1.165, 1.54) is 16.7 Å². The van der Waals surface area contributed by atoms with Crippen LogP contribution in [0.1, 0.15) is 30.5 Å². The van der Waals surface area contributed by atoms with Gasteiger partial charge in [0.15, 0.2) is 17.5 Å². The fourth-order valence-electron chi connectivity index (χ4n) is 6.62. The van der Waals surface area contributed by atoms with Gasteiger partial charge in [-0.2, -0.15) is 5.26 Å². The number of fused-ring (bicyclic) bond motifs is 4. The number of hydrogen-bond acceptors (Lipinski definition) is 4. The minimum absolute atomic E-state index is 0.129. The van der Waals surface area contributed by atoms with Gasteiger partial charge in [0, 0.05) is 22.1 Å². The van der Waals surface area contributed by atoms with E-state index in [0.717, 1.165) is 44.2 Å². The zero-order valence-corrected chi connectivity index (χ0v) is 25.0. The predicted octanol–water partition coefficient (Wildman–Crippen LogP) is 9.87. The number of aromatic nitrogens is 3. The number of rotatable bonds is 4. The molecule has 0 saturated carbocycles. The maximum absolute atomic E-state index is 9.59. The van der Waals surface area contributed by atoms with Crippen molar-refractivity contribution in [2.45, 2.75) is 19.3 Å². The van der Waals surface area contributed by atoms with Gasteiger partial charge >= 0.3 is 0 Å². The molecule has 1 aliphatic rings. The molecule has 8 rings (SSSR count). The lowest BCUT2D eigenvalue weighted by atomic mass is 9.82. The maximum atomic E-state index is 9.59. The van der Waals surface area contributed by atoms with E-state index >= 15 is 0 Å². The van der Waals surface area contributed by atoms with E-state index in [2.05, 4.69) is 98.8 Å². The first kappa shape index (κ1) is 26.7. The van der Waals surface area contributed by atoms with Gasteiger partial charge in [0.05, 0.1) is 11.6 Å². The molecule has 0 amide bonds. The van der Waals surface area contributed by atoms with Gasteiger partial charge in [-0.1, -0.05) is 123 Å². The fourth-order valence-corrected chi connectivity index (χ4v) is 6.62. The highest BCUT2D eigenvalue weighted by Gasteiger charge is 2.35. The Labute approximate surface area is 262 Å². The Hall–Kier alpha value is -5.92. The van der Waals surface area contributed by atoms with Gasteiger partial charge in [-0.15, -0.1) is 0 Å². The van der Waals surface area contributed by atoms with Crippen LogP contribution in [0, 0.1) is 11.3 Å². The van der Waals surface area contributed by atoms with Crippen LogP contribution in [0.4, 0.5) is 0 Å². The monoisotopic (exact) mass is 576 g/mol. The van der Waals surface area contributed by atoms with Crippen molar-refractivity contribution in [1.29, 1.82) is 5.26 Å². The summed E-state index contributed by atoms with van der Waals surface area (Å²) in [6.45, 7) is 4.51. The largest absolute Gasteiger partial charge is 0.208 e. The Morgan fingerprint density at radius 1 is 0.489 bits per heavy atom. The molecule has 0 aliphatic heterocycles. The molecule has 1 heterocycles. The Morgan fingerprint density at radius 2 is 1.09 bits per heavy atom. The van der Waals surface area contributed by atoms with E-state index in [1.807, 2.05) is 54.6 Å². The highest BCUT2D eigenvalue weighted by molar-refractivity contribution is 5.95. The molecule has 4 heteroatoms. The molecule has 6 aromatic carbocycles. The van der Waals surface area contributed by atoms with E-state index in [-0.39, 0.29) is 5.41 Å². The summed E-state index contributed by atoms with van der Waals surface area (Å²) in [4.78, 5) is 15.0. The third-order valence-electron chi connectivity index (χ3n) is 8.96. The molecule has 0 bridgehead atoms. The van der Waals surface area contributed by atoms with Crippen molar-refractivity contribution in [2.75, 3.05) is 0 Å². The molecule has 45 heavy (non-hydrogen) atoms. The molecule has 0 fully saturated rings. The summed E-state index contributed by atoms with van der Waals surface area (Å²) in [5, 5.41) is 11.8. The van der Waals surface area contributed by atoms with Crippen LogP contribution in [0.25, 0.3) is 67.2 Å². The quantitative estimate of drug-likeness (QED) is 0.209. The van der Waals surface area contributed by atoms with Gasteiger partial charge in [0.2, 0.25) is 0 Å². The zero-order chi connectivity index (χ0) is 30.5. The highest BCUT2D eigenvalue weighted by atomic mass is 15.0. The topological polar surface area (TPSA) is 62.5 Å². The average Bonchev–Trinajstić information content (AvgIpc) is 3.33. The molecule has 0 radical (unpaired) electrons. The van der Waals surface area contributed by atoms with Crippen molar-refractivity contribution < 1.29 is 0 Å². The van der Waals surface area contributed by atoms with E-state index in [9.17, 15) is 5.26 Å². The van der Waals surface area contributed by atoms with Crippen molar-refractivity contribution in [2.24, 2.45) is 0 Å². The van der Waals surface area contributed by atoms with Gasteiger partial charge < -0.3 is 0 Å². The summed E-state index contributed by atoms with van der Waals surface area (Å²) < 4.78 is 0. The second-order valence-electron chi connectivity index (χ2n) is 12.0. The van der Waals surface area contributed by atoms with Crippen molar-refractivity contribution in [3.63, 3.8) is 0 Å². The summed E-state index contributed by atoms with van der Waals surface area (Å²) in [7, 11) is 0. The van der Waals surface area contributed by atoms with Crippen LogP contribution in [-0.4, -0.2) is 15.0 Å². The first-order valence-electron chi connectivity index (χ1n) is 15.1. The summed E-state index contributed by atoms with van der Waals surface area (Å²) in [5.74, 6) is 1.91. The smallest absolute Gasteiger partial charge is 0.164 e. The van der Waals surface area contributed by atoms with Crippen LogP contribution < -0.4 is 0 Å².